The average molecular weight is 484 g/mol. The van der Waals surface area contributed by atoms with Gasteiger partial charge < -0.3 is 26.8 Å². The second-order valence-corrected chi connectivity index (χ2v) is 8.36. The number of nitrogens with zero attached hydrogens (tertiary/aromatic N) is 4. The van der Waals surface area contributed by atoms with Crippen LogP contribution < -0.4 is 21.7 Å². The fraction of sp³-hybridized carbons (Fsp3) is 0.500. The van der Waals surface area contributed by atoms with E-state index in [0.29, 0.717) is 41.3 Å². The Hall–Kier alpha value is -2.99. The number of piperidine rings is 1. The van der Waals surface area contributed by atoms with Crippen LogP contribution in [0, 0.1) is 5.92 Å². The maximum atomic E-state index is 14.8. The number of aliphatic hydroxyl groups is 1. The quantitative estimate of drug-likeness (QED) is 0.359. The largest absolute Gasteiger partial charge is 0.405 e. The third-order valence-corrected chi connectivity index (χ3v) is 5.81. The van der Waals surface area contributed by atoms with Crippen LogP contribution in [-0.2, 0) is 0 Å². The van der Waals surface area contributed by atoms with E-state index in [-0.39, 0.29) is 18.3 Å². The minimum absolute atomic E-state index is 0.0814. The molecule has 1 aliphatic carbocycles. The van der Waals surface area contributed by atoms with Gasteiger partial charge in [-0.25, -0.2) is 14.4 Å². The number of hydrogen-bond acceptors (Lipinski definition) is 8. The van der Waals surface area contributed by atoms with Gasteiger partial charge >= 0.3 is 6.18 Å². The van der Waals surface area contributed by atoms with Crippen LogP contribution in [0.3, 0.4) is 0 Å². The van der Waals surface area contributed by atoms with E-state index in [4.69, 9.17) is 11.5 Å². The molecule has 0 saturated carbocycles. The van der Waals surface area contributed by atoms with Crippen LogP contribution >= 0.6 is 0 Å². The number of alkyl halides is 4. The van der Waals surface area contributed by atoms with Crippen molar-refractivity contribution in [2.75, 3.05) is 31.6 Å². The summed E-state index contributed by atoms with van der Waals surface area (Å²) in [7, 11) is 1.48. The van der Waals surface area contributed by atoms with Gasteiger partial charge in [-0.3, -0.25) is 4.99 Å². The zero-order valence-corrected chi connectivity index (χ0v) is 18.9. The fourth-order valence-electron chi connectivity index (χ4n) is 3.86. The zero-order valence-electron chi connectivity index (χ0n) is 18.9. The van der Waals surface area contributed by atoms with E-state index in [1.54, 1.807) is 17.9 Å². The van der Waals surface area contributed by atoms with Crippen molar-refractivity contribution >= 4 is 23.3 Å². The van der Waals surface area contributed by atoms with Crippen LogP contribution in [-0.4, -0.2) is 72.5 Å². The predicted octanol–water partition coefficient (Wildman–Crippen LogP) is 1.78. The summed E-state index contributed by atoms with van der Waals surface area (Å²) in [5, 5.41) is 12.4. The number of nitrogens with two attached hydrogens (primary N) is 2. The summed E-state index contributed by atoms with van der Waals surface area (Å²) in [4.78, 5) is 14.7. The van der Waals surface area contributed by atoms with Gasteiger partial charge in [0.25, 0.3) is 0 Å². The molecule has 0 spiro atoms. The van der Waals surface area contributed by atoms with Crippen molar-refractivity contribution < 1.29 is 22.7 Å². The van der Waals surface area contributed by atoms with Gasteiger partial charge in [0.2, 0.25) is 5.95 Å². The highest BCUT2D eigenvalue weighted by atomic mass is 19.4. The third kappa shape index (κ3) is 5.92. The molecule has 186 valence electrons. The minimum Gasteiger partial charge on any atom is -0.400 e. The Morgan fingerprint density at radius 2 is 2.12 bits per heavy atom. The number of allylic oxidation sites excluding steroid dienone is 5. The predicted molar refractivity (Wildman–Crippen MR) is 124 cm³/mol. The molecule has 2 heterocycles. The van der Waals surface area contributed by atoms with E-state index in [9.17, 15) is 22.7 Å². The first-order valence-corrected chi connectivity index (χ1v) is 10.8. The molecule has 1 aromatic rings. The summed E-state index contributed by atoms with van der Waals surface area (Å²) in [6.45, 7) is 1.15. The summed E-state index contributed by atoms with van der Waals surface area (Å²) >= 11 is 0. The van der Waals surface area contributed by atoms with Crippen LogP contribution in [0.15, 0.2) is 35.2 Å². The molecule has 12 heteroatoms. The van der Waals surface area contributed by atoms with Gasteiger partial charge in [0.1, 0.15) is 12.7 Å². The smallest absolute Gasteiger partial charge is 0.400 e. The molecule has 1 fully saturated rings. The maximum Gasteiger partial charge on any atom is 0.405 e. The third-order valence-electron chi connectivity index (χ3n) is 5.81. The highest BCUT2D eigenvalue weighted by molar-refractivity contribution is 6.11. The molecule has 1 aromatic heterocycles. The molecular weight excluding hydrogens is 454 g/mol. The Kier molecular flexibility index (Phi) is 7.93. The summed E-state index contributed by atoms with van der Waals surface area (Å²) in [5.74, 6) is -0.360. The van der Waals surface area contributed by atoms with E-state index < -0.39 is 30.9 Å². The number of nitrogens with one attached hydrogen (secondary N) is 1. The molecule has 4 atom stereocenters. The summed E-state index contributed by atoms with van der Waals surface area (Å²) in [6, 6.07) is -0.355. The lowest BCUT2D eigenvalue weighted by atomic mass is 9.85. The normalized spacial score (nSPS) is 26.5. The van der Waals surface area contributed by atoms with Crippen molar-refractivity contribution in [3.63, 3.8) is 0 Å². The molecule has 4 unspecified atom stereocenters. The van der Waals surface area contributed by atoms with Gasteiger partial charge in [0.05, 0.1) is 11.8 Å². The van der Waals surface area contributed by atoms with Gasteiger partial charge in [-0.2, -0.15) is 13.2 Å². The number of aliphatic hydroxyl groups excluding tert-OH is 1. The molecule has 3 rings (SSSR count). The van der Waals surface area contributed by atoms with Crippen LogP contribution in [0.4, 0.5) is 23.5 Å². The summed E-state index contributed by atoms with van der Waals surface area (Å²) in [5.41, 5.74) is 13.2. The molecule has 0 radical (unpaired) electrons. The van der Waals surface area contributed by atoms with E-state index in [1.807, 2.05) is 0 Å². The molecule has 0 bridgehead atoms. The number of aromatic nitrogens is 2. The van der Waals surface area contributed by atoms with E-state index in [1.165, 1.54) is 31.7 Å². The lowest BCUT2D eigenvalue weighted by Crippen LogP contribution is -2.51. The average Bonchev–Trinajstić information content (AvgIpc) is 2.78. The Morgan fingerprint density at radius 1 is 1.38 bits per heavy atom. The van der Waals surface area contributed by atoms with Crippen molar-refractivity contribution in [2.24, 2.45) is 22.4 Å². The van der Waals surface area contributed by atoms with E-state index >= 15 is 0 Å². The molecule has 0 aromatic carbocycles. The van der Waals surface area contributed by atoms with Crippen LogP contribution in [0.2, 0.25) is 0 Å². The van der Waals surface area contributed by atoms with Crippen LogP contribution in [0.1, 0.15) is 24.6 Å². The van der Waals surface area contributed by atoms with Crippen LogP contribution in [0.25, 0.3) is 11.1 Å². The molecule has 0 amide bonds. The highest BCUT2D eigenvalue weighted by Gasteiger charge is 2.31. The number of rotatable bonds is 6. The number of aliphatic imine (C=N–C) groups is 1. The molecule has 1 aliphatic heterocycles. The lowest BCUT2D eigenvalue weighted by molar-refractivity contribution is -0.122. The van der Waals surface area contributed by atoms with Gasteiger partial charge in [-0.05, 0) is 18.1 Å². The number of β-amino-alcohol motifs (C(OH)–C–C–N with tert-alkyl or cyclic N) is 1. The molecule has 1 saturated heterocycles. The van der Waals surface area contributed by atoms with Crippen molar-refractivity contribution in [1.82, 2.24) is 15.3 Å². The van der Waals surface area contributed by atoms with Gasteiger partial charge in [-0.1, -0.05) is 13.0 Å². The first kappa shape index (κ1) is 25.6. The topological polar surface area (TPSA) is 126 Å². The molecule has 6 N–H and O–H groups in total. The SMILES string of the molecule is CN=C/C(=C\NCC(F)(F)F)c1cnc(N2CCC(N)C(O)C2)nc1C1=CC=C(N)C(F)C1C. The van der Waals surface area contributed by atoms with E-state index in [0.717, 1.165) is 0 Å². The molecule has 34 heavy (non-hydrogen) atoms. The molecular formula is C22H29F4N7O. The lowest BCUT2D eigenvalue weighted by Gasteiger charge is -2.34. The maximum absolute atomic E-state index is 14.8. The second kappa shape index (κ2) is 10.5. The van der Waals surface area contributed by atoms with Gasteiger partial charge in [-0.15, -0.1) is 0 Å². The summed E-state index contributed by atoms with van der Waals surface area (Å²) in [6.07, 6.45) is 1.03. The van der Waals surface area contributed by atoms with Crippen molar-refractivity contribution in [3.05, 3.63) is 41.5 Å². The zero-order chi connectivity index (χ0) is 25.0. The fourth-order valence-corrected chi connectivity index (χ4v) is 3.86. The monoisotopic (exact) mass is 483 g/mol. The Balaban J connectivity index is 2.08. The minimum atomic E-state index is -4.41. The van der Waals surface area contributed by atoms with E-state index in [2.05, 4.69) is 20.3 Å². The Morgan fingerprint density at radius 3 is 2.76 bits per heavy atom. The molecule has 2 aliphatic rings. The number of anilines is 1. The number of halogens is 4. The van der Waals surface area contributed by atoms with Crippen molar-refractivity contribution in [2.45, 2.75) is 37.8 Å². The first-order chi connectivity index (χ1) is 16.0. The number of hydrogen-bond donors (Lipinski definition) is 4. The van der Waals surface area contributed by atoms with Crippen LogP contribution in [0.5, 0.6) is 0 Å². The Labute approximate surface area is 195 Å². The second-order valence-electron chi connectivity index (χ2n) is 8.36. The van der Waals surface area contributed by atoms with Gasteiger partial charge in [0.15, 0.2) is 0 Å². The van der Waals surface area contributed by atoms with Crippen molar-refractivity contribution in [1.29, 1.82) is 0 Å². The molecule has 8 nitrogen and oxygen atoms in total. The standard InChI is InChI=1S/C22H29F4N7O/c1-12-14(3-4-17(28)19(12)23)20-15(13(7-29-2)8-30-11-22(24,25)26)9-31-21(32-20)33-6-5-16(27)18(34)10-33/h3-4,7-9,12,16,18-19,30,34H,5-6,10-11,27-28H2,1-2H3/b13-8+,29-7?. The highest BCUT2D eigenvalue weighted by Crippen LogP contribution is 2.36. The van der Waals surface area contributed by atoms with Crippen molar-refractivity contribution in [3.8, 4) is 0 Å². The summed E-state index contributed by atoms with van der Waals surface area (Å²) < 4.78 is 52.7. The Bertz CT molecular complexity index is 1010. The van der Waals surface area contributed by atoms with Gasteiger partial charge in [0, 0.05) is 67.5 Å². The first-order valence-electron chi connectivity index (χ1n) is 10.8.